The Morgan fingerprint density at radius 1 is 1.17 bits per heavy atom. The van der Waals surface area contributed by atoms with Gasteiger partial charge in [0.05, 0.1) is 16.8 Å². The summed E-state index contributed by atoms with van der Waals surface area (Å²) in [6, 6.07) is 2.84. The van der Waals surface area contributed by atoms with Gasteiger partial charge in [0.15, 0.2) is 0 Å². The van der Waals surface area contributed by atoms with Crippen molar-refractivity contribution in [3.05, 3.63) is 29.1 Å². The van der Waals surface area contributed by atoms with Gasteiger partial charge in [0.1, 0.15) is 5.82 Å². The van der Waals surface area contributed by atoms with E-state index in [2.05, 4.69) is 5.32 Å². The first kappa shape index (κ1) is 18.0. The number of hydrogen-bond acceptors (Lipinski definition) is 3. The first-order valence-electron chi connectivity index (χ1n) is 7.91. The van der Waals surface area contributed by atoms with Crippen molar-refractivity contribution in [2.24, 2.45) is 0 Å². The predicted molar refractivity (Wildman–Crippen MR) is 89.5 cm³/mol. The second-order valence-corrected chi connectivity index (χ2v) is 7.41. The SMILES string of the molecule is Cc1cc(C(=O)NC(C)C)c(F)cc1B1OC(C)(C)C(C)(C)O1. The third-order valence-electron chi connectivity index (χ3n) is 4.53. The van der Waals surface area contributed by atoms with Crippen molar-refractivity contribution >= 4 is 18.5 Å². The lowest BCUT2D eigenvalue weighted by atomic mass is 9.75. The van der Waals surface area contributed by atoms with E-state index in [0.29, 0.717) is 5.46 Å². The summed E-state index contributed by atoms with van der Waals surface area (Å²) < 4.78 is 26.3. The third-order valence-corrected chi connectivity index (χ3v) is 4.53. The van der Waals surface area contributed by atoms with Crippen LogP contribution in [-0.2, 0) is 9.31 Å². The Morgan fingerprint density at radius 2 is 1.70 bits per heavy atom. The molecule has 23 heavy (non-hydrogen) atoms. The van der Waals surface area contributed by atoms with Crippen LogP contribution in [0.5, 0.6) is 0 Å². The normalized spacial score (nSPS) is 19.3. The Hall–Kier alpha value is -1.40. The highest BCUT2D eigenvalue weighted by Gasteiger charge is 2.52. The molecule has 0 saturated carbocycles. The van der Waals surface area contributed by atoms with Crippen molar-refractivity contribution in [2.75, 3.05) is 0 Å². The summed E-state index contributed by atoms with van der Waals surface area (Å²) in [6.07, 6.45) is 0. The number of benzene rings is 1. The van der Waals surface area contributed by atoms with Gasteiger partial charge in [0, 0.05) is 6.04 Å². The third kappa shape index (κ3) is 3.43. The van der Waals surface area contributed by atoms with E-state index in [-0.39, 0.29) is 11.6 Å². The molecule has 0 aromatic heterocycles. The van der Waals surface area contributed by atoms with E-state index < -0.39 is 30.0 Å². The molecule has 0 aliphatic carbocycles. The molecule has 0 spiro atoms. The van der Waals surface area contributed by atoms with Crippen LogP contribution in [0.1, 0.15) is 57.5 Å². The van der Waals surface area contributed by atoms with Crippen LogP contribution in [0.2, 0.25) is 0 Å². The van der Waals surface area contributed by atoms with Crippen molar-refractivity contribution in [3.63, 3.8) is 0 Å². The van der Waals surface area contributed by atoms with Crippen LogP contribution >= 0.6 is 0 Å². The zero-order valence-corrected chi connectivity index (χ0v) is 14.9. The summed E-state index contributed by atoms with van der Waals surface area (Å²) in [4.78, 5) is 12.1. The van der Waals surface area contributed by atoms with Crippen molar-refractivity contribution in [1.82, 2.24) is 5.32 Å². The van der Waals surface area contributed by atoms with E-state index in [1.54, 1.807) is 6.07 Å². The first-order chi connectivity index (χ1) is 10.4. The summed E-state index contributed by atoms with van der Waals surface area (Å²) in [5.74, 6) is -0.987. The lowest BCUT2D eigenvalue weighted by molar-refractivity contribution is 0.00578. The molecule has 2 rings (SSSR count). The van der Waals surface area contributed by atoms with E-state index >= 15 is 0 Å². The molecule has 1 amide bonds. The Morgan fingerprint density at radius 3 is 2.17 bits per heavy atom. The molecular weight excluding hydrogens is 296 g/mol. The molecule has 1 aromatic rings. The van der Waals surface area contributed by atoms with Gasteiger partial charge in [-0.25, -0.2) is 4.39 Å². The maximum Gasteiger partial charge on any atom is 0.495 e. The van der Waals surface area contributed by atoms with Gasteiger partial charge in [-0.15, -0.1) is 0 Å². The minimum Gasteiger partial charge on any atom is -0.399 e. The largest absolute Gasteiger partial charge is 0.495 e. The fourth-order valence-corrected chi connectivity index (χ4v) is 2.43. The van der Waals surface area contributed by atoms with E-state index in [1.165, 1.54) is 6.07 Å². The predicted octanol–water partition coefficient (Wildman–Crippen LogP) is 2.57. The van der Waals surface area contributed by atoms with Crippen LogP contribution in [0.4, 0.5) is 4.39 Å². The fraction of sp³-hybridized carbons (Fsp3) is 0.588. The molecule has 1 N–H and O–H groups in total. The van der Waals surface area contributed by atoms with Crippen LogP contribution in [0.3, 0.4) is 0 Å². The van der Waals surface area contributed by atoms with Gasteiger partial charge in [-0.05, 0) is 66.1 Å². The minimum absolute atomic E-state index is 0.0384. The molecular formula is C17H25BFNO3. The highest BCUT2D eigenvalue weighted by atomic mass is 19.1. The topological polar surface area (TPSA) is 47.6 Å². The maximum absolute atomic E-state index is 14.4. The smallest absolute Gasteiger partial charge is 0.399 e. The molecule has 4 nitrogen and oxygen atoms in total. The quantitative estimate of drug-likeness (QED) is 0.871. The maximum atomic E-state index is 14.4. The number of hydrogen-bond donors (Lipinski definition) is 1. The number of carbonyl (C=O) groups is 1. The summed E-state index contributed by atoms with van der Waals surface area (Å²) in [5, 5.41) is 2.70. The molecule has 1 heterocycles. The van der Waals surface area contributed by atoms with Gasteiger partial charge in [0.25, 0.3) is 5.91 Å². The molecule has 0 atom stereocenters. The Kier molecular flexibility index (Phi) is 4.61. The Balaban J connectivity index is 2.33. The number of aryl methyl sites for hydroxylation is 1. The lowest BCUT2D eigenvalue weighted by Gasteiger charge is -2.32. The highest BCUT2D eigenvalue weighted by Crippen LogP contribution is 2.36. The van der Waals surface area contributed by atoms with Crippen molar-refractivity contribution in [3.8, 4) is 0 Å². The van der Waals surface area contributed by atoms with Gasteiger partial charge in [0.2, 0.25) is 0 Å². The zero-order chi connectivity index (χ0) is 17.6. The molecule has 0 radical (unpaired) electrons. The van der Waals surface area contributed by atoms with Crippen LogP contribution in [-0.4, -0.2) is 30.3 Å². The molecule has 6 heteroatoms. The average molecular weight is 321 g/mol. The minimum atomic E-state index is -0.642. The molecule has 1 aromatic carbocycles. The van der Waals surface area contributed by atoms with Gasteiger partial charge < -0.3 is 14.6 Å². The second kappa shape index (κ2) is 5.91. The van der Waals surface area contributed by atoms with Gasteiger partial charge in [-0.1, -0.05) is 5.56 Å². The molecule has 0 unspecified atom stereocenters. The number of halogens is 1. The van der Waals surface area contributed by atoms with Gasteiger partial charge >= 0.3 is 7.12 Å². The molecule has 1 aliphatic heterocycles. The first-order valence-corrected chi connectivity index (χ1v) is 7.91. The van der Waals surface area contributed by atoms with E-state index in [1.807, 2.05) is 48.5 Å². The van der Waals surface area contributed by atoms with Crippen molar-refractivity contribution in [1.29, 1.82) is 0 Å². The number of rotatable bonds is 3. The van der Waals surface area contributed by atoms with Gasteiger partial charge in [-0.3, -0.25) is 4.79 Å². The number of nitrogens with one attached hydrogen (secondary N) is 1. The van der Waals surface area contributed by atoms with Gasteiger partial charge in [-0.2, -0.15) is 0 Å². The zero-order valence-electron chi connectivity index (χ0n) is 14.9. The summed E-state index contributed by atoms with van der Waals surface area (Å²) in [7, 11) is -0.642. The van der Waals surface area contributed by atoms with Crippen LogP contribution < -0.4 is 10.8 Å². The monoisotopic (exact) mass is 321 g/mol. The average Bonchev–Trinajstić information content (AvgIpc) is 2.59. The standard InChI is InChI=1S/C17H25BFNO3/c1-10(2)20-15(21)12-8-11(3)13(9-14(12)19)18-22-16(4,5)17(6,7)23-18/h8-10H,1-7H3,(H,20,21). The summed E-state index contributed by atoms with van der Waals surface area (Å²) >= 11 is 0. The van der Waals surface area contributed by atoms with Crippen LogP contribution in [0, 0.1) is 12.7 Å². The number of amides is 1. The fourth-order valence-electron chi connectivity index (χ4n) is 2.43. The summed E-state index contributed by atoms with van der Waals surface area (Å²) in [6.45, 7) is 13.3. The van der Waals surface area contributed by atoms with Crippen molar-refractivity contribution in [2.45, 2.75) is 65.7 Å². The molecule has 1 aliphatic rings. The molecule has 126 valence electrons. The van der Waals surface area contributed by atoms with Crippen molar-refractivity contribution < 1.29 is 18.5 Å². The Labute approximate surface area is 137 Å². The van der Waals surface area contributed by atoms with Crippen LogP contribution in [0.15, 0.2) is 12.1 Å². The Bertz CT molecular complexity index is 613. The second-order valence-electron chi connectivity index (χ2n) is 7.41. The summed E-state index contributed by atoms with van der Waals surface area (Å²) in [5.41, 5.74) is 0.431. The number of carbonyl (C=O) groups excluding carboxylic acids is 1. The van der Waals surface area contributed by atoms with Crippen LogP contribution in [0.25, 0.3) is 0 Å². The molecule has 0 bridgehead atoms. The highest BCUT2D eigenvalue weighted by molar-refractivity contribution is 6.62. The van der Waals surface area contributed by atoms with E-state index in [4.69, 9.17) is 9.31 Å². The van der Waals surface area contributed by atoms with E-state index in [9.17, 15) is 9.18 Å². The molecule has 1 saturated heterocycles. The van der Waals surface area contributed by atoms with E-state index in [0.717, 1.165) is 5.56 Å². The molecule has 1 fully saturated rings. The lowest BCUT2D eigenvalue weighted by Crippen LogP contribution is -2.41.